The molecule has 0 unspecified atom stereocenters. The smallest absolute Gasteiger partial charge is 0.416 e. The number of rotatable bonds is 2. The summed E-state index contributed by atoms with van der Waals surface area (Å²) in [6.45, 7) is 3.55. The Labute approximate surface area is 135 Å². The first-order chi connectivity index (χ1) is 11.2. The van der Waals surface area contributed by atoms with Crippen molar-refractivity contribution in [1.82, 2.24) is 14.8 Å². The van der Waals surface area contributed by atoms with E-state index in [2.05, 4.69) is 10.1 Å². The number of ether oxygens (including phenoxy) is 1. The third-order valence-corrected chi connectivity index (χ3v) is 3.57. The Morgan fingerprint density at radius 3 is 2.75 bits per heavy atom. The number of carbonyl (C=O) groups excluding carboxylic acids is 1. The molecule has 6 nitrogen and oxygen atoms in total. The van der Waals surface area contributed by atoms with Crippen LogP contribution in [0.4, 0.5) is 18.9 Å². The summed E-state index contributed by atoms with van der Waals surface area (Å²) in [5.74, 6) is -0.149. The molecular weight excluding hydrogens is 325 g/mol. The first-order valence-electron chi connectivity index (χ1n) is 7.19. The molecule has 0 saturated heterocycles. The number of hydrogen-bond donors (Lipinski definition) is 0. The minimum atomic E-state index is -4.50. The van der Waals surface area contributed by atoms with E-state index in [4.69, 9.17) is 4.74 Å². The van der Waals surface area contributed by atoms with Gasteiger partial charge in [0.25, 0.3) is 0 Å². The second-order valence-electron chi connectivity index (χ2n) is 6.11. The standard InChI is InChI=1S/C15H15F3N4O2/c1-14(2)7-22(13(23)6-21-9-19-8-20-21)11-5-10(15(16,17)18)3-4-12(11)24-14/h3-5,8-9H,6-7H2,1-2H3. The van der Waals surface area contributed by atoms with E-state index in [1.165, 1.54) is 28.3 Å². The van der Waals surface area contributed by atoms with Crippen LogP contribution >= 0.6 is 0 Å². The van der Waals surface area contributed by atoms with Crippen LogP contribution in [0, 0.1) is 0 Å². The lowest BCUT2D eigenvalue weighted by Crippen LogP contribution is -2.50. The van der Waals surface area contributed by atoms with E-state index in [-0.39, 0.29) is 24.5 Å². The Bertz CT molecular complexity index is 757. The van der Waals surface area contributed by atoms with Crippen LogP contribution in [0.2, 0.25) is 0 Å². The molecule has 0 fully saturated rings. The van der Waals surface area contributed by atoms with Crippen LogP contribution < -0.4 is 9.64 Å². The molecular formula is C15H15F3N4O2. The van der Waals surface area contributed by atoms with Gasteiger partial charge in [-0.25, -0.2) is 9.67 Å². The highest BCUT2D eigenvalue weighted by atomic mass is 19.4. The minimum absolute atomic E-state index is 0.106. The lowest BCUT2D eigenvalue weighted by Gasteiger charge is -2.40. The molecule has 0 spiro atoms. The molecule has 128 valence electrons. The van der Waals surface area contributed by atoms with Gasteiger partial charge in [0.2, 0.25) is 5.91 Å². The van der Waals surface area contributed by atoms with Crippen LogP contribution in [-0.2, 0) is 17.5 Å². The van der Waals surface area contributed by atoms with Crippen molar-refractivity contribution in [2.45, 2.75) is 32.2 Å². The lowest BCUT2D eigenvalue weighted by molar-refractivity contribution is -0.137. The molecule has 9 heteroatoms. The number of carbonyl (C=O) groups is 1. The Hall–Kier alpha value is -2.58. The molecule has 0 aliphatic carbocycles. The maximum atomic E-state index is 13.0. The number of hydrogen-bond acceptors (Lipinski definition) is 4. The fraction of sp³-hybridized carbons (Fsp3) is 0.400. The Balaban J connectivity index is 1.98. The van der Waals surface area contributed by atoms with E-state index in [1.54, 1.807) is 13.8 Å². The van der Waals surface area contributed by atoms with E-state index >= 15 is 0 Å². The van der Waals surface area contributed by atoms with Gasteiger partial charge in [-0.15, -0.1) is 0 Å². The predicted molar refractivity (Wildman–Crippen MR) is 78.5 cm³/mol. The van der Waals surface area contributed by atoms with Crippen LogP contribution in [0.5, 0.6) is 5.75 Å². The number of nitrogens with zero attached hydrogens (tertiary/aromatic N) is 4. The fourth-order valence-electron chi connectivity index (χ4n) is 2.55. The molecule has 0 saturated carbocycles. The van der Waals surface area contributed by atoms with Gasteiger partial charge in [0.1, 0.15) is 30.5 Å². The van der Waals surface area contributed by atoms with Gasteiger partial charge in [0.15, 0.2) is 0 Å². The van der Waals surface area contributed by atoms with Crippen molar-refractivity contribution in [3.05, 3.63) is 36.4 Å². The zero-order valence-electron chi connectivity index (χ0n) is 13.0. The number of aromatic nitrogens is 3. The van der Waals surface area contributed by atoms with Crippen molar-refractivity contribution in [3.63, 3.8) is 0 Å². The highest BCUT2D eigenvalue weighted by Gasteiger charge is 2.38. The van der Waals surface area contributed by atoms with Gasteiger partial charge in [-0.2, -0.15) is 18.3 Å². The second kappa shape index (κ2) is 5.50. The van der Waals surface area contributed by atoms with Crippen LogP contribution in [0.3, 0.4) is 0 Å². The van der Waals surface area contributed by atoms with Crippen molar-refractivity contribution in [3.8, 4) is 5.75 Å². The molecule has 1 aromatic carbocycles. The number of anilines is 1. The molecule has 2 aromatic rings. The van der Waals surface area contributed by atoms with E-state index in [0.717, 1.165) is 12.1 Å². The van der Waals surface area contributed by atoms with Gasteiger partial charge >= 0.3 is 6.18 Å². The maximum Gasteiger partial charge on any atom is 0.416 e. The third kappa shape index (κ3) is 3.19. The normalized spacial score (nSPS) is 16.5. The summed E-state index contributed by atoms with van der Waals surface area (Å²) in [6.07, 6.45) is -1.84. The van der Waals surface area contributed by atoms with Crippen molar-refractivity contribution in [2.75, 3.05) is 11.4 Å². The summed E-state index contributed by atoms with van der Waals surface area (Å²) in [7, 11) is 0. The van der Waals surface area contributed by atoms with Crippen LogP contribution in [-0.4, -0.2) is 32.8 Å². The zero-order valence-corrected chi connectivity index (χ0v) is 13.0. The van der Waals surface area contributed by atoms with Gasteiger partial charge in [-0.3, -0.25) is 4.79 Å². The lowest BCUT2D eigenvalue weighted by atomic mass is 10.0. The molecule has 1 aliphatic rings. The number of benzene rings is 1. The first kappa shape index (κ1) is 16.3. The number of fused-ring (bicyclic) bond motifs is 1. The molecule has 0 atom stereocenters. The van der Waals surface area contributed by atoms with Crippen LogP contribution in [0.1, 0.15) is 19.4 Å². The van der Waals surface area contributed by atoms with Crippen molar-refractivity contribution >= 4 is 11.6 Å². The number of halogens is 3. The van der Waals surface area contributed by atoms with E-state index in [0.29, 0.717) is 0 Å². The summed E-state index contributed by atoms with van der Waals surface area (Å²) in [4.78, 5) is 17.6. The van der Waals surface area contributed by atoms with Gasteiger partial charge in [-0.1, -0.05) is 0 Å². The maximum absolute atomic E-state index is 13.0. The van der Waals surface area contributed by atoms with Gasteiger partial charge in [0, 0.05) is 0 Å². The summed E-state index contributed by atoms with van der Waals surface area (Å²) >= 11 is 0. The summed E-state index contributed by atoms with van der Waals surface area (Å²) in [5.41, 5.74) is -1.44. The molecule has 2 heterocycles. The predicted octanol–water partition coefficient (Wildman–Crippen LogP) is 2.50. The van der Waals surface area contributed by atoms with Gasteiger partial charge < -0.3 is 9.64 Å². The largest absolute Gasteiger partial charge is 0.484 e. The van der Waals surface area contributed by atoms with E-state index in [1.807, 2.05) is 0 Å². The molecule has 1 aliphatic heterocycles. The first-order valence-corrected chi connectivity index (χ1v) is 7.19. The molecule has 0 radical (unpaired) electrons. The minimum Gasteiger partial charge on any atom is -0.484 e. The number of alkyl halides is 3. The molecule has 1 aromatic heterocycles. The van der Waals surface area contributed by atoms with E-state index in [9.17, 15) is 18.0 Å². The Kier molecular flexibility index (Phi) is 3.73. The fourth-order valence-corrected chi connectivity index (χ4v) is 2.55. The molecule has 1 amide bonds. The summed E-state index contributed by atoms with van der Waals surface area (Å²) < 4.78 is 46.0. The highest BCUT2D eigenvalue weighted by molar-refractivity contribution is 5.95. The van der Waals surface area contributed by atoms with Crippen molar-refractivity contribution in [2.24, 2.45) is 0 Å². The van der Waals surface area contributed by atoms with Crippen LogP contribution in [0.15, 0.2) is 30.9 Å². The average molecular weight is 340 g/mol. The summed E-state index contributed by atoms with van der Waals surface area (Å²) in [6, 6.07) is 3.12. The second-order valence-corrected chi connectivity index (χ2v) is 6.11. The van der Waals surface area contributed by atoms with Crippen molar-refractivity contribution < 1.29 is 22.7 Å². The van der Waals surface area contributed by atoms with Gasteiger partial charge in [0.05, 0.1) is 17.8 Å². The SMILES string of the molecule is CC1(C)CN(C(=O)Cn2cncn2)c2cc(C(F)(F)F)ccc2O1. The topological polar surface area (TPSA) is 60.2 Å². The Morgan fingerprint density at radius 2 is 2.12 bits per heavy atom. The monoisotopic (exact) mass is 340 g/mol. The molecule has 3 rings (SSSR count). The average Bonchev–Trinajstić information content (AvgIpc) is 2.96. The molecule has 0 N–H and O–H groups in total. The van der Waals surface area contributed by atoms with Crippen LogP contribution in [0.25, 0.3) is 0 Å². The van der Waals surface area contributed by atoms with Crippen molar-refractivity contribution in [1.29, 1.82) is 0 Å². The Morgan fingerprint density at radius 1 is 1.38 bits per heavy atom. The third-order valence-electron chi connectivity index (χ3n) is 3.57. The van der Waals surface area contributed by atoms with Gasteiger partial charge in [-0.05, 0) is 32.0 Å². The quantitative estimate of drug-likeness (QED) is 0.843. The number of amides is 1. The molecule has 0 bridgehead atoms. The highest BCUT2D eigenvalue weighted by Crippen LogP contribution is 2.41. The summed E-state index contributed by atoms with van der Waals surface area (Å²) in [5, 5.41) is 3.85. The zero-order chi connectivity index (χ0) is 17.5. The molecule has 24 heavy (non-hydrogen) atoms. The van der Waals surface area contributed by atoms with E-state index < -0.39 is 23.2 Å².